The molecule has 3 N–H and O–H groups in total. The lowest BCUT2D eigenvalue weighted by Gasteiger charge is -2.25. The van der Waals surface area contributed by atoms with Crippen LogP contribution in [0.1, 0.15) is 28.3 Å². The molecule has 7 heteroatoms. The number of halogens is 1. The molecule has 1 aliphatic rings. The van der Waals surface area contributed by atoms with Crippen LogP contribution in [0.4, 0.5) is 0 Å². The minimum Gasteiger partial charge on any atom is -0.508 e. The molecule has 1 saturated heterocycles. The first-order chi connectivity index (χ1) is 16.8. The van der Waals surface area contributed by atoms with Crippen LogP contribution in [-0.4, -0.2) is 38.3 Å². The van der Waals surface area contributed by atoms with E-state index in [4.69, 9.17) is 0 Å². The number of aromatic hydroxyl groups is 1. The molecule has 0 radical (unpaired) electrons. The number of phenolic OH excluding ortho intramolecular Hbond substituents is 1. The van der Waals surface area contributed by atoms with Gasteiger partial charge in [-0.05, 0) is 60.4 Å². The summed E-state index contributed by atoms with van der Waals surface area (Å²) < 4.78 is 0.878. The van der Waals surface area contributed by atoms with Gasteiger partial charge in [-0.15, -0.1) is 0 Å². The van der Waals surface area contributed by atoms with Gasteiger partial charge in [0.25, 0.3) is 11.7 Å². The van der Waals surface area contributed by atoms with Crippen LogP contribution in [0, 0.1) is 6.92 Å². The van der Waals surface area contributed by atoms with Crippen LogP contribution < -0.4 is 0 Å². The van der Waals surface area contributed by atoms with Crippen molar-refractivity contribution in [1.82, 2.24) is 9.88 Å². The van der Waals surface area contributed by atoms with Crippen molar-refractivity contribution in [2.45, 2.75) is 19.4 Å². The number of H-pyrrole nitrogens is 1. The smallest absolute Gasteiger partial charge is 0.295 e. The molecule has 0 bridgehead atoms. The van der Waals surface area contributed by atoms with Gasteiger partial charge in [-0.1, -0.05) is 52.3 Å². The molecule has 1 aliphatic heterocycles. The Morgan fingerprint density at radius 1 is 1.06 bits per heavy atom. The molecule has 1 fully saturated rings. The van der Waals surface area contributed by atoms with E-state index in [1.165, 1.54) is 17.0 Å². The molecular formula is C28H23BrN2O4. The number of ketones is 1. The maximum absolute atomic E-state index is 13.2. The van der Waals surface area contributed by atoms with Gasteiger partial charge in [0.15, 0.2) is 0 Å². The number of para-hydroxylation sites is 1. The van der Waals surface area contributed by atoms with Gasteiger partial charge < -0.3 is 20.1 Å². The average Bonchev–Trinajstić information content (AvgIpc) is 3.38. The summed E-state index contributed by atoms with van der Waals surface area (Å²) in [5, 5.41) is 22.1. The third kappa shape index (κ3) is 4.12. The summed E-state index contributed by atoms with van der Waals surface area (Å²) in [6, 6.07) is 18.8. The zero-order valence-corrected chi connectivity index (χ0v) is 20.5. The predicted octanol–water partition coefficient (Wildman–Crippen LogP) is 5.61. The highest BCUT2D eigenvalue weighted by molar-refractivity contribution is 9.10. The van der Waals surface area contributed by atoms with Crippen molar-refractivity contribution in [3.8, 4) is 5.75 Å². The number of fused-ring (bicyclic) bond motifs is 1. The lowest BCUT2D eigenvalue weighted by atomic mass is 9.94. The molecule has 1 atom stereocenters. The fourth-order valence-corrected chi connectivity index (χ4v) is 4.89. The predicted molar refractivity (Wildman–Crippen MR) is 138 cm³/mol. The Labute approximate surface area is 210 Å². The van der Waals surface area contributed by atoms with E-state index < -0.39 is 17.7 Å². The van der Waals surface area contributed by atoms with Crippen LogP contribution in [0.25, 0.3) is 16.7 Å². The second-order valence-electron chi connectivity index (χ2n) is 8.66. The molecule has 6 nitrogen and oxygen atoms in total. The molecule has 176 valence electrons. The molecule has 1 amide bonds. The van der Waals surface area contributed by atoms with Crippen LogP contribution in [0.2, 0.25) is 0 Å². The first-order valence-corrected chi connectivity index (χ1v) is 12.0. The fraction of sp³-hybridized carbons (Fsp3) is 0.143. The second kappa shape index (κ2) is 9.07. The maximum atomic E-state index is 13.2. The second-order valence-corrected chi connectivity index (χ2v) is 9.51. The normalized spacial score (nSPS) is 17.4. The number of aliphatic hydroxyl groups excluding tert-OH is 1. The van der Waals surface area contributed by atoms with E-state index in [1.54, 1.807) is 30.3 Å². The molecular weight excluding hydrogens is 508 g/mol. The zero-order chi connectivity index (χ0) is 24.7. The number of hydrogen-bond acceptors (Lipinski definition) is 4. The van der Waals surface area contributed by atoms with Crippen molar-refractivity contribution in [3.63, 3.8) is 0 Å². The summed E-state index contributed by atoms with van der Waals surface area (Å²) in [5.41, 5.74) is 4.08. The van der Waals surface area contributed by atoms with E-state index in [0.717, 1.165) is 26.5 Å². The topological polar surface area (TPSA) is 93.6 Å². The summed E-state index contributed by atoms with van der Waals surface area (Å²) in [5.74, 6) is -1.52. The van der Waals surface area contributed by atoms with Gasteiger partial charge in [-0.2, -0.15) is 0 Å². The van der Waals surface area contributed by atoms with Crippen LogP contribution >= 0.6 is 15.9 Å². The number of hydrogen-bond donors (Lipinski definition) is 3. The zero-order valence-electron chi connectivity index (χ0n) is 19.0. The first-order valence-electron chi connectivity index (χ1n) is 11.2. The van der Waals surface area contributed by atoms with Crippen molar-refractivity contribution >= 4 is 44.3 Å². The fourth-order valence-electron chi connectivity index (χ4n) is 4.64. The minimum absolute atomic E-state index is 0.0429. The number of nitrogens with one attached hydrogen (secondary N) is 1. The Balaban J connectivity index is 1.57. The number of carbonyl (C=O) groups is 2. The van der Waals surface area contributed by atoms with E-state index in [9.17, 15) is 19.8 Å². The van der Waals surface area contributed by atoms with Gasteiger partial charge in [0.2, 0.25) is 0 Å². The molecule has 1 aromatic heterocycles. The van der Waals surface area contributed by atoms with Gasteiger partial charge in [0.05, 0.1) is 11.6 Å². The van der Waals surface area contributed by atoms with Gasteiger partial charge in [-0.25, -0.2) is 0 Å². The van der Waals surface area contributed by atoms with Crippen LogP contribution in [0.3, 0.4) is 0 Å². The molecule has 2 heterocycles. The van der Waals surface area contributed by atoms with E-state index in [1.807, 2.05) is 37.4 Å². The molecule has 4 aromatic rings. The number of likely N-dealkylation sites (tertiary alicyclic amines) is 1. The average molecular weight is 531 g/mol. The summed E-state index contributed by atoms with van der Waals surface area (Å²) in [6.07, 6.45) is 2.45. The maximum Gasteiger partial charge on any atom is 0.295 e. The highest BCUT2D eigenvalue weighted by Gasteiger charge is 2.45. The summed E-state index contributed by atoms with van der Waals surface area (Å²) in [6.45, 7) is 2.17. The van der Waals surface area contributed by atoms with Crippen molar-refractivity contribution < 1.29 is 19.8 Å². The van der Waals surface area contributed by atoms with Crippen molar-refractivity contribution in [1.29, 1.82) is 0 Å². The molecule has 1 unspecified atom stereocenters. The number of aromatic amines is 1. The SMILES string of the molecule is Cc1cc(/C(O)=C2\C(=O)C(=O)N(CCc3c[nH]c4ccccc34)C2c2ccc(O)cc2)ccc1Br. The Hall–Kier alpha value is -3.84. The number of nitrogens with zero attached hydrogens (tertiary/aromatic N) is 1. The number of aryl methyl sites for hydroxylation is 1. The molecule has 3 aromatic carbocycles. The van der Waals surface area contributed by atoms with Gasteiger partial charge in [-0.3, -0.25) is 9.59 Å². The lowest BCUT2D eigenvalue weighted by Crippen LogP contribution is -2.31. The van der Waals surface area contributed by atoms with E-state index in [-0.39, 0.29) is 23.6 Å². The number of Topliss-reactive ketones (excluding diaryl/α,β-unsaturated/α-hetero) is 1. The molecule has 35 heavy (non-hydrogen) atoms. The van der Waals surface area contributed by atoms with E-state index >= 15 is 0 Å². The largest absolute Gasteiger partial charge is 0.508 e. The number of benzene rings is 3. The third-order valence-corrected chi connectivity index (χ3v) is 7.37. The first kappa shape index (κ1) is 22.9. The van der Waals surface area contributed by atoms with Crippen LogP contribution in [0.5, 0.6) is 5.75 Å². The molecule has 0 saturated carbocycles. The highest BCUT2D eigenvalue weighted by atomic mass is 79.9. The third-order valence-electron chi connectivity index (χ3n) is 6.48. The Bertz CT molecular complexity index is 1490. The Morgan fingerprint density at radius 3 is 2.54 bits per heavy atom. The number of phenols is 1. The van der Waals surface area contributed by atoms with Gasteiger partial charge in [0, 0.05) is 33.7 Å². The number of aromatic nitrogens is 1. The molecule has 0 aliphatic carbocycles. The Morgan fingerprint density at radius 2 is 1.80 bits per heavy atom. The van der Waals surface area contributed by atoms with E-state index in [0.29, 0.717) is 17.5 Å². The van der Waals surface area contributed by atoms with E-state index in [2.05, 4.69) is 20.9 Å². The molecule has 0 spiro atoms. The number of carbonyl (C=O) groups excluding carboxylic acids is 2. The van der Waals surface area contributed by atoms with Crippen molar-refractivity contribution in [2.75, 3.05) is 6.54 Å². The molecule has 5 rings (SSSR count). The quantitative estimate of drug-likeness (QED) is 0.177. The van der Waals surface area contributed by atoms with Crippen LogP contribution in [-0.2, 0) is 16.0 Å². The minimum atomic E-state index is -0.773. The standard InChI is InChI=1S/C28H23BrN2O4/c1-16-14-18(8-11-22(16)29)26(33)24-25(17-6-9-20(32)10-7-17)31(28(35)27(24)34)13-12-19-15-30-23-5-3-2-4-21(19)23/h2-11,14-15,25,30,32-33H,12-13H2,1H3/b26-24+. The summed E-state index contributed by atoms with van der Waals surface area (Å²) >= 11 is 3.45. The lowest BCUT2D eigenvalue weighted by molar-refractivity contribution is -0.139. The van der Waals surface area contributed by atoms with Crippen molar-refractivity contribution in [2.24, 2.45) is 0 Å². The van der Waals surface area contributed by atoms with Gasteiger partial charge >= 0.3 is 0 Å². The van der Waals surface area contributed by atoms with Gasteiger partial charge in [0.1, 0.15) is 11.5 Å². The number of aliphatic hydroxyl groups is 1. The summed E-state index contributed by atoms with van der Waals surface area (Å²) in [7, 11) is 0. The monoisotopic (exact) mass is 530 g/mol. The van der Waals surface area contributed by atoms with Crippen molar-refractivity contribution in [3.05, 3.63) is 105 Å². The number of amides is 1. The summed E-state index contributed by atoms with van der Waals surface area (Å²) in [4.78, 5) is 31.2. The Kier molecular flexibility index (Phi) is 5.94. The number of rotatable bonds is 5. The highest BCUT2D eigenvalue weighted by Crippen LogP contribution is 2.40. The van der Waals surface area contributed by atoms with Crippen LogP contribution in [0.15, 0.2) is 83.0 Å².